The number of nitrogens with zero attached hydrogens (tertiary/aromatic N) is 4. The maximum atomic E-state index is 12.3. The third-order valence-electron chi connectivity index (χ3n) is 4.71. The molecule has 24 heavy (non-hydrogen) atoms. The molecule has 0 radical (unpaired) electrons. The molecule has 0 unspecified atom stereocenters. The normalized spacial score (nSPS) is 16.3. The Balaban J connectivity index is 1.69. The van der Waals surface area contributed by atoms with Gasteiger partial charge in [0.2, 0.25) is 0 Å². The molecule has 7 heteroatoms. The van der Waals surface area contributed by atoms with E-state index in [0.717, 1.165) is 24.7 Å². The van der Waals surface area contributed by atoms with Crippen LogP contribution in [0.5, 0.6) is 0 Å². The third kappa shape index (κ3) is 5.79. The van der Waals surface area contributed by atoms with Crippen molar-refractivity contribution in [1.29, 1.82) is 0 Å². The zero-order valence-electron chi connectivity index (χ0n) is 14.9. The van der Waals surface area contributed by atoms with E-state index in [1.807, 2.05) is 17.8 Å². The second kappa shape index (κ2) is 9.64. The number of carbonyl (C=O) groups excluding carboxylic acids is 1. The molecule has 0 aromatic carbocycles. The SMILES string of the molecule is CC1CCN(CCCNC(=O)N(CCO)Cc2nccn2C)CC1. The Morgan fingerprint density at radius 1 is 1.46 bits per heavy atom. The molecule has 2 rings (SSSR count). The van der Waals surface area contributed by atoms with E-state index in [0.29, 0.717) is 19.6 Å². The number of aromatic nitrogens is 2. The van der Waals surface area contributed by atoms with Crippen molar-refractivity contribution in [2.45, 2.75) is 32.7 Å². The fourth-order valence-corrected chi connectivity index (χ4v) is 2.99. The van der Waals surface area contributed by atoms with Gasteiger partial charge >= 0.3 is 6.03 Å². The highest BCUT2D eigenvalue weighted by molar-refractivity contribution is 5.74. The predicted octanol–water partition coefficient (Wildman–Crippen LogP) is 1.05. The van der Waals surface area contributed by atoms with Crippen molar-refractivity contribution in [1.82, 2.24) is 24.7 Å². The van der Waals surface area contributed by atoms with Crippen molar-refractivity contribution in [3.05, 3.63) is 18.2 Å². The van der Waals surface area contributed by atoms with Crippen molar-refractivity contribution in [2.24, 2.45) is 13.0 Å². The van der Waals surface area contributed by atoms with Crippen LogP contribution >= 0.6 is 0 Å². The van der Waals surface area contributed by atoms with E-state index in [9.17, 15) is 9.90 Å². The number of aliphatic hydroxyl groups is 1. The van der Waals surface area contributed by atoms with Gasteiger partial charge in [0.05, 0.1) is 13.2 Å². The first kappa shape index (κ1) is 18.7. The molecule has 0 bridgehead atoms. The first-order valence-corrected chi connectivity index (χ1v) is 8.92. The second-order valence-corrected chi connectivity index (χ2v) is 6.71. The molecule has 2 heterocycles. The maximum absolute atomic E-state index is 12.3. The van der Waals surface area contributed by atoms with Gasteiger partial charge in [0, 0.05) is 32.5 Å². The molecular formula is C17H31N5O2. The lowest BCUT2D eigenvalue weighted by molar-refractivity contribution is 0.169. The molecule has 1 saturated heterocycles. The molecular weight excluding hydrogens is 306 g/mol. The minimum atomic E-state index is -0.140. The quantitative estimate of drug-likeness (QED) is 0.695. The van der Waals surface area contributed by atoms with E-state index in [4.69, 9.17) is 0 Å². The Bertz CT molecular complexity index is 497. The number of aryl methyl sites for hydroxylation is 1. The zero-order valence-corrected chi connectivity index (χ0v) is 14.9. The van der Waals surface area contributed by atoms with E-state index in [-0.39, 0.29) is 12.6 Å². The van der Waals surface area contributed by atoms with Crippen molar-refractivity contribution < 1.29 is 9.90 Å². The zero-order chi connectivity index (χ0) is 17.4. The summed E-state index contributed by atoms with van der Waals surface area (Å²) in [6.07, 6.45) is 7.07. The van der Waals surface area contributed by atoms with Gasteiger partial charge in [-0.15, -0.1) is 0 Å². The number of piperidine rings is 1. The predicted molar refractivity (Wildman–Crippen MR) is 93.6 cm³/mol. The summed E-state index contributed by atoms with van der Waals surface area (Å²) >= 11 is 0. The molecule has 2 amide bonds. The fraction of sp³-hybridized carbons (Fsp3) is 0.765. The Morgan fingerprint density at radius 2 is 2.21 bits per heavy atom. The summed E-state index contributed by atoms with van der Waals surface area (Å²) in [5.41, 5.74) is 0. The van der Waals surface area contributed by atoms with Crippen molar-refractivity contribution in [2.75, 3.05) is 39.3 Å². The summed E-state index contributed by atoms with van der Waals surface area (Å²) in [4.78, 5) is 20.6. The smallest absolute Gasteiger partial charge is 0.317 e. The molecule has 1 fully saturated rings. The van der Waals surface area contributed by atoms with E-state index in [1.165, 1.54) is 25.9 Å². The Hall–Kier alpha value is -1.60. The fourth-order valence-electron chi connectivity index (χ4n) is 2.99. The Morgan fingerprint density at radius 3 is 2.83 bits per heavy atom. The number of likely N-dealkylation sites (tertiary alicyclic amines) is 1. The van der Waals surface area contributed by atoms with Crippen molar-refractivity contribution in [3.63, 3.8) is 0 Å². The summed E-state index contributed by atoms with van der Waals surface area (Å²) in [5, 5.41) is 12.2. The summed E-state index contributed by atoms with van der Waals surface area (Å²) < 4.78 is 1.88. The van der Waals surface area contributed by atoms with Crippen LogP contribution in [0.25, 0.3) is 0 Å². The van der Waals surface area contributed by atoms with Gasteiger partial charge in [-0.1, -0.05) is 6.92 Å². The Kier molecular flexibility index (Phi) is 7.52. The number of amides is 2. The van der Waals surface area contributed by atoms with Crippen LogP contribution in [-0.2, 0) is 13.6 Å². The molecule has 0 spiro atoms. The van der Waals surface area contributed by atoms with Crippen LogP contribution in [0.4, 0.5) is 4.79 Å². The summed E-state index contributed by atoms with van der Waals surface area (Å²) in [7, 11) is 1.90. The average Bonchev–Trinajstić information content (AvgIpc) is 2.97. The van der Waals surface area contributed by atoms with E-state index >= 15 is 0 Å². The average molecular weight is 337 g/mol. The number of urea groups is 1. The van der Waals surface area contributed by atoms with Crippen LogP contribution in [0.1, 0.15) is 32.0 Å². The molecule has 2 N–H and O–H groups in total. The number of imidazole rings is 1. The van der Waals surface area contributed by atoms with E-state index < -0.39 is 0 Å². The molecule has 0 aliphatic carbocycles. The van der Waals surface area contributed by atoms with Gasteiger partial charge in [-0.3, -0.25) is 0 Å². The van der Waals surface area contributed by atoms with Gasteiger partial charge in [0.15, 0.2) is 0 Å². The highest BCUT2D eigenvalue weighted by atomic mass is 16.3. The number of rotatable bonds is 8. The molecule has 1 aliphatic rings. The van der Waals surface area contributed by atoms with Crippen LogP contribution in [0, 0.1) is 5.92 Å². The van der Waals surface area contributed by atoms with Crippen LogP contribution in [0.3, 0.4) is 0 Å². The van der Waals surface area contributed by atoms with Crippen molar-refractivity contribution >= 4 is 6.03 Å². The molecule has 7 nitrogen and oxygen atoms in total. The van der Waals surface area contributed by atoms with Gasteiger partial charge in [-0.05, 0) is 44.8 Å². The topological polar surface area (TPSA) is 73.6 Å². The second-order valence-electron chi connectivity index (χ2n) is 6.71. The first-order chi connectivity index (χ1) is 11.6. The highest BCUT2D eigenvalue weighted by Crippen LogP contribution is 2.15. The van der Waals surface area contributed by atoms with Gasteiger partial charge in [0.1, 0.15) is 5.82 Å². The minimum Gasteiger partial charge on any atom is -0.395 e. The highest BCUT2D eigenvalue weighted by Gasteiger charge is 2.17. The van der Waals surface area contributed by atoms with Gasteiger partial charge in [0.25, 0.3) is 0 Å². The lowest BCUT2D eigenvalue weighted by atomic mass is 9.99. The summed E-state index contributed by atoms with van der Waals surface area (Å²) in [6.45, 7) is 7.01. The monoisotopic (exact) mass is 337 g/mol. The van der Waals surface area contributed by atoms with E-state index in [2.05, 4.69) is 22.1 Å². The maximum Gasteiger partial charge on any atom is 0.317 e. The molecule has 1 aliphatic heterocycles. The number of carbonyl (C=O) groups is 1. The van der Waals surface area contributed by atoms with Crippen LogP contribution < -0.4 is 5.32 Å². The Labute approximate surface area is 144 Å². The lowest BCUT2D eigenvalue weighted by Crippen LogP contribution is -2.42. The standard InChI is InChI=1S/C17H31N5O2/c1-15-4-9-21(10-5-15)8-3-6-19-17(24)22(12-13-23)14-16-18-7-11-20(16)2/h7,11,15,23H,3-6,8-10,12-14H2,1-2H3,(H,19,24). The third-order valence-corrected chi connectivity index (χ3v) is 4.71. The lowest BCUT2D eigenvalue weighted by Gasteiger charge is -2.30. The molecule has 136 valence electrons. The molecule has 1 aromatic rings. The van der Waals surface area contributed by atoms with Gasteiger partial charge in [-0.25, -0.2) is 9.78 Å². The molecule has 0 atom stereocenters. The minimum absolute atomic E-state index is 0.0518. The largest absolute Gasteiger partial charge is 0.395 e. The summed E-state index contributed by atoms with van der Waals surface area (Å²) in [6, 6.07) is -0.140. The van der Waals surface area contributed by atoms with Gasteiger partial charge in [-0.2, -0.15) is 0 Å². The number of aliphatic hydroxyl groups excluding tert-OH is 1. The van der Waals surface area contributed by atoms with Crippen LogP contribution in [-0.4, -0.2) is 69.8 Å². The first-order valence-electron chi connectivity index (χ1n) is 8.92. The van der Waals surface area contributed by atoms with Crippen LogP contribution in [0.15, 0.2) is 12.4 Å². The number of hydrogen-bond acceptors (Lipinski definition) is 4. The van der Waals surface area contributed by atoms with Gasteiger partial charge < -0.3 is 24.8 Å². The van der Waals surface area contributed by atoms with E-state index in [1.54, 1.807) is 11.1 Å². The van der Waals surface area contributed by atoms with Crippen molar-refractivity contribution in [3.8, 4) is 0 Å². The molecule has 1 aromatic heterocycles. The number of nitrogens with one attached hydrogen (secondary N) is 1. The van der Waals surface area contributed by atoms with Crippen LogP contribution in [0.2, 0.25) is 0 Å². The summed E-state index contributed by atoms with van der Waals surface area (Å²) in [5.74, 6) is 1.65. The molecule has 0 saturated carbocycles. The number of hydrogen-bond donors (Lipinski definition) is 2.